The molecule has 0 N–H and O–H groups in total. The lowest BCUT2D eigenvalue weighted by atomic mass is 10.1. The molecule has 2 fully saturated rings. The van der Waals surface area contributed by atoms with Crippen LogP contribution < -0.4 is 0 Å². The first-order valence-electron chi connectivity index (χ1n) is 11.6. The summed E-state index contributed by atoms with van der Waals surface area (Å²) in [6, 6.07) is 0.923. The zero-order chi connectivity index (χ0) is 20.8. The lowest BCUT2D eigenvalue weighted by Crippen LogP contribution is -2.49. The van der Waals surface area contributed by atoms with Crippen molar-refractivity contribution < 1.29 is 18.0 Å². The van der Waals surface area contributed by atoms with E-state index in [1.807, 2.05) is 0 Å². The highest BCUT2D eigenvalue weighted by atomic mass is 28.4. The van der Waals surface area contributed by atoms with Crippen molar-refractivity contribution in [2.24, 2.45) is 0 Å². The molecule has 29 heavy (non-hydrogen) atoms. The second-order valence-corrected chi connectivity index (χ2v) is 11.4. The van der Waals surface area contributed by atoms with Crippen LogP contribution >= 0.6 is 0 Å². The lowest BCUT2D eigenvalue weighted by Gasteiger charge is -2.36. The van der Waals surface area contributed by atoms with Crippen LogP contribution in [-0.2, 0) is 18.0 Å². The van der Waals surface area contributed by atoms with Gasteiger partial charge in [-0.3, -0.25) is 9.80 Å². The van der Waals surface area contributed by atoms with Gasteiger partial charge in [-0.05, 0) is 19.4 Å². The summed E-state index contributed by atoms with van der Waals surface area (Å²) in [6.07, 6.45) is 7.69. The van der Waals surface area contributed by atoms with Crippen LogP contribution in [0.4, 0.5) is 0 Å². The summed E-state index contributed by atoms with van der Waals surface area (Å²) in [7, 11) is 2.74. The Labute approximate surface area is 180 Å². The molecule has 2 rings (SSSR count). The van der Waals surface area contributed by atoms with Gasteiger partial charge in [0.1, 0.15) is 0 Å². The van der Waals surface area contributed by atoms with Gasteiger partial charge in [0.15, 0.2) is 0 Å². The Morgan fingerprint density at radius 2 is 1.03 bits per heavy atom. The van der Waals surface area contributed by atoms with Gasteiger partial charge in [0, 0.05) is 79.7 Å². The van der Waals surface area contributed by atoms with Crippen LogP contribution in [0.25, 0.3) is 0 Å². The molecule has 7 nitrogen and oxygen atoms in total. The van der Waals surface area contributed by atoms with Gasteiger partial charge in [0.25, 0.3) is 0 Å². The summed E-state index contributed by atoms with van der Waals surface area (Å²) in [5, 5.41) is 0. The molecule has 0 amide bonds. The summed E-state index contributed by atoms with van der Waals surface area (Å²) in [5.74, 6) is 0. The molecule has 0 aromatic heterocycles. The maximum absolute atomic E-state index is 5.48. The highest BCUT2D eigenvalue weighted by Gasteiger charge is 2.36. The van der Waals surface area contributed by atoms with E-state index in [9.17, 15) is 0 Å². The minimum atomic E-state index is -2.36. The van der Waals surface area contributed by atoms with Gasteiger partial charge in [-0.1, -0.05) is 25.7 Å². The quantitative estimate of drug-likeness (QED) is 0.291. The molecule has 2 heterocycles. The first-order chi connectivity index (χ1) is 14.2. The topological polar surface area (TPSA) is 46.6 Å². The molecule has 8 heteroatoms. The zero-order valence-electron chi connectivity index (χ0n) is 19.2. The number of ether oxygens (including phenoxy) is 1. The third kappa shape index (κ3) is 9.74. The fourth-order valence-electron chi connectivity index (χ4n) is 4.28. The molecule has 0 atom stereocenters. The van der Waals surface area contributed by atoms with Gasteiger partial charge in [-0.2, -0.15) is 0 Å². The standard InChI is InChI=1S/C21H45N3O4Si/c1-25-29(26-2,27-3)21-9-7-5-4-6-8-10-22-11-13-23(14-12-22)15-16-24-17-19-28-20-18-24/h4-21H2,1-3H3. The summed E-state index contributed by atoms with van der Waals surface area (Å²) in [6.45, 7) is 12.6. The number of nitrogens with zero attached hydrogens (tertiary/aromatic N) is 3. The number of unbranched alkanes of at least 4 members (excludes halogenated alkanes) is 5. The molecule has 0 aliphatic carbocycles. The molecular weight excluding hydrogens is 386 g/mol. The zero-order valence-corrected chi connectivity index (χ0v) is 20.2. The maximum Gasteiger partial charge on any atom is 0.500 e. The lowest BCUT2D eigenvalue weighted by molar-refractivity contribution is 0.0299. The van der Waals surface area contributed by atoms with Gasteiger partial charge < -0.3 is 22.9 Å². The fourth-order valence-corrected chi connectivity index (χ4v) is 6.08. The van der Waals surface area contributed by atoms with Gasteiger partial charge in [0.2, 0.25) is 0 Å². The average molecular weight is 432 g/mol. The van der Waals surface area contributed by atoms with Crippen molar-refractivity contribution in [1.29, 1.82) is 0 Å². The van der Waals surface area contributed by atoms with Crippen molar-refractivity contribution in [1.82, 2.24) is 14.7 Å². The molecule has 2 aliphatic heterocycles. The van der Waals surface area contributed by atoms with Crippen molar-refractivity contribution in [3.05, 3.63) is 0 Å². The average Bonchev–Trinajstić information content (AvgIpc) is 2.79. The SMILES string of the molecule is CO[Si](CCCCCCCCN1CCN(CCN2CCOCC2)CC1)(OC)OC. The minimum Gasteiger partial charge on any atom is -0.379 e. The molecule has 2 saturated heterocycles. The summed E-state index contributed by atoms with van der Waals surface area (Å²) in [5.41, 5.74) is 0. The van der Waals surface area contributed by atoms with E-state index in [4.69, 9.17) is 18.0 Å². The van der Waals surface area contributed by atoms with Gasteiger partial charge in [-0.15, -0.1) is 0 Å². The van der Waals surface area contributed by atoms with Crippen LogP contribution in [0.3, 0.4) is 0 Å². The second kappa shape index (κ2) is 14.9. The molecule has 0 saturated carbocycles. The predicted octanol–water partition coefficient (Wildman–Crippen LogP) is 2.15. The summed E-state index contributed by atoms with van der Waals surface area (Å²) >= 11 is 0. The molecule has 0 unspecified atom stereocenters. The monoisotopic (exact) mass is 431 g/mol. The molecule has 0 bridgehead atoms. The van der Waals surface area contributed by atoms with E-state index < -0.39 is 8.80 Å². The van der Waals surface area contributed by atoms with E-state index >= 15 is 0 Å². The van der Waals surface area contributed by atoms with Crippen molar-refractivity contribution >= 4 is 8.80 Å². The smallest absolute Gasteiger partial charge is 0.379 e. The Balaban J connectivity index is 1.41. The molecule has 172 valence electrons. The van der Waals surface area contributed by atoms with Crippen LogP contribution in [0.15, 0.2) is 0 Å². The number of hydrogen-bond donors (Lipinski definition) is 0. The highest BCUT2D eigenvalue weighted by molar-refractivity contribution is 6.60. The Hall–Kier alpha value is -0.0631. The van der Waals surface area contributed by atoms with Gasteiger partial charge in [0.05, 0.1) is 13.2 Å². The van der Waals surface area contributed by atoms with Crippen LogP contribution in [0, 0.1) is 0 Å². The number of morpholine rings is 1. The Kier molecular flexibility index (Phi) is 12.9. The molecule has 0 aromatic carbocycles. The normalized spacial score (nSPS) is 20.4. The van der Waals surface area contributed by atoms with Crippen molar-refractivity contribution in [3.8, 4) is 0 Å². The van der Waals surface area contributed by atoms with Crippen LogP contribution in [0.2, 0.25) is 6.04 Å². The first kappa shape index (κ1) is 25.2. The van der Waals surface area contributed by atoms with E-state index in [2.05, 4.69) is 14.7 Å². The van der Waals surface area contributed by atoms with Crippen molar-refractivity contribution in [2.75, 3.05) is 93.4 Å². The largest absolute Gasteiger partial charge is 0.500 e. The van der Waals surface area contributed by atoms with E-state index in [-0.39, 0.29) is 0 Å². The molecule has 2 aliphatic rings. The van der Waals surface area contributed by atoms with Crippen LogP contribution in [0.1, 0.15) is 38.5 Å². The highest BCUT2D eigenvalue weighted by Crippen LogP contribution is 2.18. The number of hydrogen-bond acceptors (Lipinski definition) is 7. The third-order valence-corrected chi connectivity index (χ3v) is 9.27. The predicted molar refractivity (Wildman–Crippen MR) is 119 cm³/mol. The van der Waals surface area contributed by atoms with E-state index in [1.54, 1.807) is 21.3 Å². The van der Waals surface area contributed by atoms with Gasteiger partial charge >= 0.3 is 8.80 Å². The Bertz CT molecular complexity index is 393. The molecular formula is C21H45N3O4Si. The second-order valence-electron chi connectivity index (χ2n) is 8.30. The van der Waals surface area contributed by atoms with Crippen LogP contribution in [-0.4, -0.2) is 117 Å². The molecule has 0 spiro atoms. The summed E-state index contributed by atoms with van der Waals surface area (Å²) < 4.78 is 21.9. The minimum absolute atomic E-state index is 0.906. The van der Waals surface area contributed by atoms with Gasteiger partial charge in [-0.25, -0.2) is 0 Å². The Morgan fingerprint density at radius 3 is 1.59 bits per heavy atom. The fraction of sp³-hybridized carbons (Fsp3) is 1.00. The molecule has 0 radical (unpaired) electrons. The first-order valence-corrected chi connectivity index (χ1v) is 13.5. The van der Waals surface area contributed by atoms with E-state index in [0.29, 0.717) is 0 Å². The maximum atomic E-state index is 5.48. The number of rotatable bonds is 15. The molecule has 0 aromatic rings. The van der Waals surface area contributed by atoms with E-state index in [0.717, 1.165) is 38.8 Å². The summed E-state index contributed by atoms with van der Waals surface area (Å²) in [4.78, 5) is 7.83. The third-order valence-electron chi connectivity index (χ3n) is 6.44. The van der Waals surface area contributed by atoms with Crippen LogP contribution in [0.5, 0.6) is 0 Å². The number of piperazine rings is 1. The van der Waals surface area contributed by atoms with E-state index in [1.165, 1.54) is 77.9 Å². The van der Waals surface area contributed by atoms with Crippen molar-refractivity contribution in [2.45, 2.75) is 44.6 Å². The van der Waals surface area contributed by atoms with Crippen molar-refractivity contribution in [3.63, 3.8) is 0 Å². The Morgan fingerprint density at radius 1 is 0.586 bits per heavy atom.